The van der Waals surface area contributed by atoms with Gasteiger partial charge in [-0.05, 0) is 37.8 Å². The first kappa shape index (κ1) is 12.9. The summed E-state index contributed by atoms with van der Waals surface area (Å²) in [5.41, 5.74) is 0.470. The molecule has 2 unspecified atom stereocenters. The van der Waals surface area contributed by atoms with Gasteiger partial charge in [0, 0.05) is 39.0 Å². The predicted octanol–water partition coefficient (Wildman–Crippen LogP) is 2.48. The number of nitrogens with zero attached hydrogens (tertiary/aromatic N) is 1. The number of Topliss-reactive ketones (excluding diaryl/α,β-unsaturated/α-hetero) is 1. The molecule has 2 aliphatic heterocycles. The van der Waals surface area contributed by atoms with E-state index in [1.807, 2.05) is 0 Å². The molecule has 2 bridgehead atoms. The zero-order chi connectivity index (χ0) is 13.4. The molecule has 2 fully saturated rings. The van der Waals surface area contributed by atoms with Gasteiger partial charge in [-0.15, -0.1) is 0 Å². The van der Waals surface area contributed by atoms with E-state index in [0.717, 1.165) is 19.3 Å². The van der Waals surface area contributed by atoms with Gasteiger partial charge in [-0.3, -0.25) is 9.00 Å². The Bertz CT molecular complexity index is 501. The number of ketones is 1. The summed E-state index contributed by atoms with van der Waals surface area (Å²) >= 11 is 0. The van der Waals surface area contributed by atoms with Crippen molar-refractivity contribution in [3.05, 3.63) is 29.8 Å². The maximum absolute atomic E-state index is 12.8. The summed E-state index contributed by atoms with van der Waals surface area (Å²) in [4.78, 5) is 15.9. The molecule has 0 amide bonds. The summed E-state index contributed by atoms with van der Waals surface area (Å²) < 4.78 is 24.9. The first-order valence-corrected chi connectivity index (χ1v) is 7.98. The van der Waals surface area contributed by atoms with Crippen LogP contribution in [0.2, 0.25) is 0 Å². The monoisotopic (exact) mass is 281 g/mol. The molecule has 2 saturated heterocycles. The van der Waals surface area contributed by atoms with Crippen molar-refractivity contribution >= 4 is 16.6 Å². The average molecular weight is 281 g/mol. The van der Waals surface area contributed by atoms with Gasteiger partial charge in [0.05, 0.1) is 0 Å². The van der Waals surface area contributed by atoms with Crippen LogP contribution in [0.4, 0.5) is 4.39 Å². The van der Waals surface area contributed by atoms with Crippen LogP contribution in [0.1, 0.15) is 42.5 Å². The fourth-order valence-electron chi connectivity index (χ4n) is 3.21. The van der Waals surface area contributed by atoms with Crippen LogP contribution < -0.4 is 0 Å². The minimum atomic E-state index is -0.761. The zero-order valence-electron chi connectivity index (χ0n) is 10.5. The molecule has 2 atom stereocenters. The van der Waals surface area contributed by atoms with E-state index in [-0.39, 0.29) is 22.2 Å². The summed E-state index contributed by atoms with van der Waals surface area (Å²) in [6, 6.07) is 2.71. The second-order valence-electron chi connectivity index (χ2n) is 5.41. The Morgan fingerprint density at radius 2 is 1.95 bits per heavy atom. The van der Waals surface area contributed by atoms with Gasteiger partial charge >= 0.3 is 0 Å². The van der Waals surface area contributed by atoms with Gasteiger partial charge in [0.25, 0.3) is 0 Å². The highest BCUT2D eigenvalue weighted by Gasteiger charge is 2.40. The van der Waals surface area contributed by atoms with E-state index in [1.165, 1.54) is 18.3 Å². The lowest BCUT2D eigenvalue weighted by Gasteiger charge is -2.37. The molecule has 0 aliphatic carbocycles. The minimum Gasteiger partial charge on any atom is -0.294 e. The number of carbonyl (C=O) groups is 1. The van der Waals surface area contributed by atoms with Gasteiger partial charge < -0.3 is 0 Å². The van der Waals surface area contributed by atoms with Gasteiger partial charge in [-0.2, -0.15) is 4.39 Å². The summed E-state index contributed by atoms with van der Waals surface area (Å²) in [5, 5.41) is 0.352. The van der Waals surface area contributed by atoms with E-state index in [2.05, 4.69) is 4.98 Å². The zero-order valence-corrected chi connectivity index (χ0v) is 11.4. The van der Waals surface area contributed by atoms with Crippen LogP contribution in [-0.4, -0.2) is 25.5 Å². The van der Waals surface area contributed by atoms with Gasteiger partial charge in [0.15, 0.2) is 5.78 Å². The molecule has 0 aromatic carbocycles. The fourth-order valence-corrected chi connectivity index (χ4v) is 5.39. The molecule has 2 aliphatic rings. The van der Waals surface area contributed by atoms with Crippen molar-refractivity contribution in [2.45, 2.75) is 42.6 Å². The number of halogens is 1. The Kier molecular flexibility index (Phi) is 3.48. The minimum absolute atomic E-state index is 0.0288. The quantitative estimate of drug-likeness (QED) is 0.618. The molecular formula is C14H16FNO2S. The predicted molar refractivity (Wildman–Crippen MR) is 70.8 cm³/mol. The highest BCUT2D eigenvalue weighted by atomic mass is 32.2. The molecule has 3 nitrogen and oxygen atoms in total. The average Bonchev–Trinajstić information content (AvgIpc) is 2.38. The Labute approximate surface area is 114 Å². The third kappa shape index (κ3) is 2.48. The molecule has 0 spiro atoms. The van der Waals surface area contributed by atoms with Crippen LogP contribution in [0, 0.1) is 11.9 Å². The molecule has 0 saturated carbocycles. The number of carbonyl (C=O) groups excluding carboxylic acids is 1. The first-order chi connectivity index (χ1) is 9.15. The second kappa shape index (κ2) is 5.12. The van der Waals surface area contributed by atoms with Gasteiger partial charge in [-0.1, -0.05) is 6.42 Å². The van der Waals surface area contributed by atoms with Crippen LogP contribution >= 0.6 is 0 Å². The van der Waals surface area contributed by atoms with Crippen LogP contribution in [0.15, 0.2) is 18.3 Å². The van der Waals surface area contributed by atoms with Crippen LogP contribution in [0.3, 0.4) is 0 Å². The largest absolute Gasteiger partial charge is 0.294 e. The van der Waals surface area contributed by atoms with Crippen molar-refractivity contribution in [3.8, 4) is 0 Å². The molecule has 5 heteroatoms. The molecule has 1 aromatic rings. The Balaban J connectivity index is 1.78. The first-order valence-electron chi connectivity index (χ1n) is 6.70. The lowest BCUT2D eigenvalue weighted by molar-refractivity contribution is 0.0895. The van der Waals surface area contributed by atoms with E-state index in [4.69, 9.17) is 0 Å². The van der Waals surface area contributed by atoms with Crippen molar-refractivity contribution < 1.29 is 13.4 Å². The van der Waals surface area contributed by atoms with Gasteiger partial charge in [0.2, 0.25) is 5.95 Å². The number of aromatic nitrogens is 1. The smallest absolute Gasteiger partial charge is 0.212 e. The van der Waals surface area contributed by atoms with E-state index in [1.54, 1.807) is 0 Å². The van der Waals surface area contributed by atoms with E-state index in [0.29, 0.717) is 18.4 Å². The molecular weight excluding hydrogens is 265 g/mol. The summed E-state index contributed by atoms with van der Waals surface area (Å²) in [6.07, 6.45) is 5.78. The van der Waals surface area contributed by atoms with Crippen molar-refractivity contribution in [1.29, 1.82) is 0 Å². The standard InChI is InChI=1S/C14H16FNO2S/c15-13-5-4-9(8-16-13)14(17)10-6-11-2-1-3-12(7-10)19(11)18/h4-5,8,10-12H,1-3,6-7H2. The highest BCUT2D eigenvalue weighted by Crippen LogP contribution is 2.38. The lowest BCUT2D eigenvalue weighted by atomic mass is 9.85. The van der Waals surface area contributed by atoms with Crippen molar-refractivity contribution in [3.63, 3.8) is 0 Å². The topological polar surface area (TPSA) is 47.0 Å². The molecule has 0 N–H and O–H groups in total. The number of hydrogen-bond donors (Lipinski definition) is 0. The number of fused-ring (bicyclic) bond motifs is 2. The molecule has 1 aromatic heterocycles. The van der Waals surface area contributed by atoms with E-state index < -0.39 is 16.7 Å². The summed E-state index contributed by atoms with van der Waals surface area (Å²) in [5.74, 6) is -0.612. The normalized spacial score (nSPS) is 33.9. The van der Waals surface area contributed by atoms with Crippen LogP contribution in [0.5, 0.6) is 0 Å². The SMILES string of the molecule is O=C(c1ccc(F)nc1)C1CC2CCCC(C1)S2=O. The molecule has 3 heterocycles. The fraction of sp³-hybridized carbons (Fsp3) is 0.571. The van der Waals surface area contributed by atoms with Crippen LogP contribution in [-0.2, 0) is 10.8 Å². The van der Waals surface area contributed by atoms with Gasteiger partial charge in [0.1, 0.15) is 0 Å². The maximum Gasteiger partial charge on any atom is 0.212 e. The van der Waals surface area contributed by atoms with Crippen molar-refractivity contribution in [1.82, 2.24) is 4.98 Å². The van der Waals surface area contributed by atoms with E-state index >= 15 is 0 Å². The Hall–Kier alpha value is -1.10. The van der Waals surface area contributed by atoms with Crippen molar-refractivity contribution in [2.75, 3.05) is 0 Å². The van der Waals surface area contributed by atoms with Gasteiger partial charge in [-0.25, -0.2) is 4.98 Å². The van der Waals surface area contributed by atoms with Crippen molar-refractivity contribution in [2.24, 2.45) is 5.92 Å². The number of pyridine rings is 1. The lowest BCUT2D eigenvalue weighted by Crippen LogP contribution is -2.41. The maximum atomic E-state index is 12.8. The highest BCUT2D eigenvalue weighted by molar-refractivity contribution is 7.86. The Morgan fingerprint density at radius 3 is 2.53 bits per heavy atom. The third-order valence-corrected chi connectivity index (χ3v) is 6.36. The van der Waals surface area contributed by atoms with E-state index in [9.17, 15) is 13.4 Å². The Morgan fingerprint density at radius 1 is 1.26 bits per heavy atom. The molecule has 102 valence electrons. The summed E-state index contributed by atoms with van der Waals surface area (Å²) in [6.45, 7) is 0. The molecule has 19 heavy (non-hydrogen) atoms. The number of hydrogen-bond acceptors (Lipinski definition) is 3. The summed E-state index contributed by atoms with van der Waals surface area (Å²) in [7, 11) is -0.761. The number of rotatable bonds is 2. The molecule has 0 radical (unpaired) electrons. The van der Waals surface area contributed by atoms with Crippen LogP contribution in [0.25, 0.3) is 0 Å². The molecule has 3 rings (SSSR count). The third-order valence-electron chi connectivity index (χ3n) is 4.19. The second-order valence-corrected chi connectivity index (χ2v) is 7.40.